The van der Waals surface area contributed by atoms with Crippen molar-refractivity contribution in [3.63, 3.8) is 0 Å². The van der Waals surface area contributed by atoms with Crippen molar-refractivity contribution in [1.29, 1.82) is 0 Å². The molecule has 0 saturated heterocycles. The minimum Gasteiger partial charge on any atom is -0.485 e. The minimum absolute atomic E-state index is 0.101. The number of hydrogen-bond acceptors (Lipinski definition) is 3. The van der Waals surface area contributed by atoms with E-state index in [9.17, 15) is 0 Å². The summed E-state index contributed by atoms with van der Waals surface area (Å²) in [5.74, 6) is 0.728. The van der Waals surface area contributed by atoms with Crippen molar-refractivity contribution in [3.05, 3.63) is 23.2 Å². The zero-order chi connectivity index (χ0) is 10.8. The lowest BCUT2D eigenvalue weighted by molar-refractivity contribution is 0.207. The highest BCUT2D eigenvalue weighted by atomic mass is 35.5. The first-order valence-electron chi connectivity index (χ1n) is 5.03. The van der Waals surface area contributed by atoms with Crippen LogP contribution >= 0.6 is 11.6 Å². The van der Waals surface area contributed by atoms with Crippen molar-refractivity contribution < 1.29 is 9.84 Å². The van der Waals surface area contributed by atoms with Crippen LogP contribution in [0.1, 0.15) is 6.92 Å². The summed E-state index contributed by atoms with van der Waals surface area (Å²) in [7, 11) is 0. The highest BCUT2D eigenvalue weighted by molar-refractivity contribution is 6.32. The van der Waals surface area contributed by atoms with Crippen molar-refractivity contribution in [2.24, 2.45) is 0 Å². The summed E-state index contributed by atoms with van der Waals surface area (Å²) in [5, 5.41) is 9.61. The van der Waals surface area contributed by atoms with Crippen LogP contribution in [0.25, 0.3) is 0 Å². The third-order valence-electron chi connectivity index (χ3n) is 2.45. The number of benzene rings is 1. The normalized spacial score (nSPS) is 19.7. The maximum Gasteiger partial charge on any atom is 0.161 e. The van der Waals surface area contributed by atoms with E-state index in [0.717, 1.165) is 18.0 Å². The fraction of sp³-hybridized carbons (Fsp3) is 0.455. The molecule has 0 saturated carbocycles. The molecule has 1 aromatic rings. The highest BCUT2D eigenvalue weighted by Crippen LogP contribution is 2.38. The Morgan fingerprint density at radius 1 is 1.60 bits per heavy atom. The predicted octanol–water partition coefficient (Wildman–Crippen LogP) is 1.92. The predicted molar refractivity (Wildman–Crippen MR) is 60.8 cm³/mol. The van der Waals surface area contributed by atoms with E-state index in [1.807, 2.05) is 25.1 Å². The van der Waals surface area contributed by atoms with Crippen LogP contribution < -0.4 is 9.64 Å². The monoisotopic (exact) mass is 227 g/mol. The average Bonchev–Trinajstić information content (AvgIpc) is 2.20. The van der Waals surface area contributed by atoms with Gasteiger partial charge >= 0.3 is 0 Å². The van der Waals surface area contributed by atoms with E-state index in [4.69, 9.17) is 21.4 Å². The lowest BCUT2D eigenvalue weighted by Crippen LogP contribution is -2.40. The van der Waals surface area contributed by atoms with Crippen molar-refractivity contribution in [2.75, 3.05) is 24.6 Å². The first-order chi connectivity index (χ1) is 7.22. The van der Waals surface area contributed by atoms with E-state index in [0.29, 0.717) is 11.6 Å². The molecule has 2 rings (SSSR count). The van der Waals surface area contributed by atoms with Crippen LogP contribution in [0.2, 0.25) is 5.02 Å². The molecule has 0 fully saturated rings. The van der Waals surface area contributed by atoms with E-state index in [2.05, 4.69) is 4.90 Å². The van der Waals surface area contributed by atoms with E-state index in [1.54, 1.807) is 0 Å². The molecule has 0 bridgehead atoms. The van der Waals surface area contributed by atoms with Crippen molar-refractivity contribution >= 4 is 17.3 Å². The SMILES string of the molecule is C[C@@H]1CN(CCO)c2cccc(Cl)c2O1. The summed E-state index contributed by atoms with van der Waals surface area (Å²) in [6, 6.07) is 5.67. The van der Waals surface area contributed by atoms with Gasteiger partial charge in [-0.25, -0.2) is 0 Å². The number of aliphatic hydroxyl groups excluding tert-OH is 1. The number of anilines is 1. The molecule has 15 heavy (non-hydrogen) atoms. The van der Waals surface area contributed by atoms with Gasteiger partial charge in [-0.3, -0.25) is 0 Å². The van der Waals surface area contributed by atoms with Gasteiger partial charge in [0, 0.05) is 6.54 Å². The molecule has 0 aliphatic carbocycles. The summed E-state index contributed by atoms with van der Waals surface area (Å²) in [6.45, 7) is 3.53. The Labute approximate surface area is 94.2 Å². The number of rotatable bonds is 2. The lowest BCUT2D eigenvalue weighted by atomic mass is 10.2. The van der Waals surface area contributed by atoms with E-state index >= 15 is 0 Å². The van der Waals surface area contributed by atoms with Gasteiger partial charge in [-0.15, -0.1) is 0 Å². The summed E-state index contributed by atoms with van der Waals surface area (Å²) < 4.78 is 5.68. The van der Waals surface area contributed by atoms with Crippen LogP contribution in [0, 0.1) is 0 Å². The number of aliphatic hydroxyl groups is 1. The third-order valence-corrected chi connectivity index (χ3v) is 2.75. The Kier molecular flexibility index (Phi) is 3.03. The van der Waals surface area contributed by atoms with E-state index in [1.165, 1.54) is 0 Å². The van der Waals surface area contributed by atoms with E-state index < -0.39 is 0 Å². The van der Waals surface area contributed by atoms with Gasteiger partial charge < -0.3 is 14.7 Å². The fourth-order valence-corrected chi connectivity index (χ4v) is 2.06. The van der Waals surface area contributed by atoms with Crippen LogP contribution in [0.3, 0.4) is 0 Å². The van der Waals surface area contributed by atoms with Gasteiger partial charge in [-0.2, -0.15) is 0 Å². The van der Waals surface area contributed by atoms with Gasteiger partial charge in [0.25, 0.3) is 0 Å². The summed E-state index contributed by atoms with van der Waals surface area (Å²) in [5.41, 5.74) is 0.967. The quantitative estimate of drug-likeness (QED) is 0.838. The average molecular weight is 228 g/mol. The summed E-state index contributed by atoms with van der Waals surface area (Å²) in [6.07, 6.45) is 0.101. The molecule has 3 nitrogen and oxygen atoms in total. The topological polar surface area (TPSA) is 32.7 Å². The Morgan fingerprint density at radius 3 is 3.13 bits per heavy atom. The molecule has 4 heteroatoms. The molecular weight excluding hydrogens is 214 g/mol. The number of ether oxygens (including phenoxy) is 1. The van der Waals surface area contributed by atoms with Crippen molar-refractivity contribution in [3.8, 4) is 5.75 Å². The molecule has 82 valence electrons. The van der Waals surface area contributed by atoms with Gasteiger partial charge in [-0.05, 0) is 19.1 Å². The van der Waals surface area contributed by atoms with Crippen molar-refractivity contribution in [2.45, 2.75) is 13.0 Å². The maximum atomic E-state index is 8.98. The first-order valence-corrected chi connectivity index (χ1v) is 5.41. The largest absolute Gasteiger partial charge is 0.485 e. The Hall–Kier alpha value is -0.930. The first kappa shape index (κ1) is 10.6. The van der Waals surface area contributed by atoms with Gasteiger partial charge in [0.15, 0.2) is 5.75 Å². The number of β-amino-alcohol motifs (C(OH)–C–C–N with tert-alkyl or cyclic N) is 1. The van der Waals surface area contributed by atoms with Crippen LogP contribution in [-0.2, 0) is 0 Å². The molecule has 0 amide bonds. The second kappa shape index (κ2) is 4.29. The second-order valence-corrected chi connectivity index (χ2v) is 4.09. The molecule has 1 aliphatic rings. The van der Waals surface area contributed by atoms with Gasteiger partial charge in [0.05, 0.1) is 23.9 Å². The molecule has 0 radical (unpaired) electrons. The van der Waals surface area contributed by atoms with Gasteiger partial charge in [-0.1, -0.05) is 17.7 Å². The zero-order valence-electron chi connectivity index (χ0n) is 8.61. The Bertz CT molecular complexity index is 356. The summed E-state index contributed by atoms with van der Waals surface area (Å²) >= 11 is 6.06. The Morgan fingerprint density at radius 2 is 2.40 bits per heavy atom. The second-order valence-electron chi connectivity index (χ2n) is 3.69. The molecule has 1 heterocycles. The highest BCUT2D eigenvalue weighted by Gasteiger charge is 2.23. The maximum absolute atomic E-state index is 8.98. The van der Waals surface area contributed by atoms with Crippen LogP contribution in [0.5, 0.6) is 5.75 Å². The van der Waals surface area contributed by atoms with Gasteiger partial charge in [0.2, 0.25) is 0 Å². The van der Waals surface area contributed by atoms with Crippen LogP contribution in [0.15, 0.2) is 18.2 Å². The number of hydrogen-bond donors (Lipinski definition) is 1. The standard InChI is InChI=1S/C11H14ClNO2/c1-8-7-13(5-6-14)10-4-2-3-9(12)11(10)15-8/h2-4,8,14H,5-7H2,1H3/t8-/m1/s1. The molecular formula is C11H14ClNO2. The number of halogens is 1. The molecule has 1 atom stereocenters. The number of para-hydroxylation sites is 1. The smallest absolute Gasteiger partial charge is 0.161 e. The third kappa shape index (κ3) is 2.03. The van der Waals surface area contributed by atoms with Crippen LogP contribution in [0.4, 0.5) is 5.69 Å². The van der Waals surface area contributed by atoms with E-state index in [-0.39, 0.29) is 12.7 Å². The number of fused-ring (bicyclic) bond motifs is 1. The molecule has 0 spiro atoms. The van der Waals surface area contributed by atoms with Gasteiger partial charge in [0.1, 0.15) is 6.10 Å². The Balaban J connectivity index is 2.37. The zero-order valence-corrected chi connectivity index (χ0v) is 9.37. The van der Waals surface area contributed by atoms with Crippen molar-refractivity contribution in [1.82, 2.24) is 0 Å². The molecule has 1 aromatic carbocycles. The number of nitrogens with zero attached hydrogens (tertiary/aromatic N) is 1. The van der Waals surface area contributed by atoms with Crippen LogP contribution in [-0.4, -0.2) is 30.9 Å². The molecule has 0 unspecified atom stereocenters. The molecule has 1 aliphatic heterocycles. The fourth-order valence-electron chi connectivity index (χ4n) is 1.84. The molecule has 1 N–H and O–H groups in total. The summed E-state index contributed by atoms with van der Waals surface area (Å²) in [4.78, 5) is 2.09. The molecule has 0 aromatic heterocycles. The lowest BCUT2D eigenvalue weighted by Gasteiger charge is -2.34. The minimum atomic E-state index is 0.101.